The summed E-state index contributed by atoms with van der Waals surface area (Å²) in [6.45, 7) is 0. The second-order valence-corrected chi connectivity index (χ2v) is 3.43. The van der Waals surface area contributed by atoms with Crippen LogP contribution in [-0.4, -0.2) is 28.2 Å². The summed E-state index contributed by atoms with van der Waals surface area (Å²) < 4.78 is 0. The highest BCUT2D eigenvalue weighted by Crippen LogP contribution is 2.17. The molecule has 0 saturated carbocycles. The van der Waals surface area contributed by atoms with Gasteiger partial charge in [0.1, 0.15) is 0 Å². The van der Waals surface area contributed by atoms with Crippen LogP contribution < -0.4 is 5.46 Å². The Labute approximate surface area is 91.9 Å². The van der Waals surface area contributed by atoms with Crippen LogP contribution in [0.3, 0.4) is 0 Å². The van der Waals surface area contributed by atoms with Crippen LogP contribution in [-0.2, 0) is 0 Å². The maximum absolute atomic E-state index is 11.1. The second-order valence-electron chi connectivity index (χ2n) is 3.43. The van der Waals surface area contributed by atoms with Crippen molar-refractivity contribution in [3.8, 4) is 0 Å². The van der Waals surface area contributed by atoms with Gasteiger partial charge in [-0.2, -0.15) is 0 Å². The van der Waals surface area contributed by atoms with E-state index >= 15 is 0 Å². The van der Waals surface area contributed by atoms with Gasteiger partial charge in [-0.15, -0.1) is 0 Å². The Hall–Kier alpha value is -1.85. The van der Waals surface area contributed by atoms with Crippen LogP contribution >= 0.6 is 0 Å². The van der Waals surface area contributed by atoms with Gasteiger partial charge >= 0.3 is 13.1 Å². The third-order valence-corrected chi connectivity index (χ3v) is 2.45. The van der Waals surface area contributed by atoms with Gasteiger partial charge < -0.3 is 15.2 Å². The third kappa shape index (κ3) is 1.66. The lowest BCUT2D eigenvalue weighted by atomic mass is 9.75. The molecule has 16 heavy (non-hydrogen) atoms. The molecule has 80 valence electrons. The predicted molar refractivity (Wildman–Crippen MR) is 60.7 cm³/mol. The minimum Gasteiger partial charge on any atom is -0.478 e. The van der Waals surface area contributed by atoms with Crippen molar-refractivity contribution >= 4 is 29.3 Å². The van der Waals surface area contributed by atoms with Crippen molar-refractivity contribution in [2.24, 2.45) is 0 Å². The molecule has 0 fully saturated rings. The summed E-state index contributed by atoms with van der Waals surface area (Å²) in [5.74, 6) is -1.17. The van der Waals surface area contributed by atoms with E-state index in [1.807, 2.05) is 0 Å². The van der Waals surface area contributed by atoms with E-state index in [9.17, 15) is 4.79 Å². The number of aromatic carboxylic acids is 1. The maximum atomic E-state index is 11.1. The van der Waals surface area contributed by atoms with Crippen molar-refractivity contribution in [3.05, 3.63) is 42.0 Å². The van der Waals surface area contributed by atoms with Gasteiger partial charge in [-0.05, 0) is 16.2 Å². The summed E-state index contributed by atoms with van der Waals surface area (Å²) in [7, 11) is -1.78. The van der Waals surface area contributed by atoms with E-state index < -0.39 is 13.1 Å². The molecule has 0 aromatic heterocycles. The Morgan fingerprint density at radius 3 is 2.38 bits per heavy atom. The first-order chi connectivity index (χ1) is 7.61. The molecule has 0 aliphatic rings. The van der Waals surface area contributed by atoms with Crippen molar-refractivity contribution in [3.63, 3.8) is 0 Å². The molecule has 5 heteroatoms. The Bertz CT molecular complexity index is 551. The Morgan fingerprint density at radius 1 is 1.06 bits per heavy atom. The molecule has 2 aromatic carbocycles. The van der Waals surface area contributed by atoms with Crippen LogP contribution in [0.1, 0.15) is 10.4 Å². The minimum absolute atomic E-state index is 0.00574. The second kappa shape index (κ2) is 3.96. The summed E-state index contributed by atoms with van der Waals surface area (Å²) >= 11 is 0. The number of carboxylic acids is 1. The van der Waals surface area contributed by atoms with Crippen molar-refractivity contribution in [2.45, 2.75) is 0 Å². The van der Waals surface area contributed by atoms with Gasteiger partial charge in [-0.25, -0.2) is 4.79 Å². The number of carboxylic acid groups (broad SMARTS) is 1. The van der Waals surface area contributed by atoms with Crippen LogP contribution in [0.4, 0.5) is 0 Å². The fourth-order valence-corrected chi connectivity index (χ4v) is 1.74. The van der Waals surface area contributed by atoms with E-state index in [1.54, 1.807) is 30.3 Å². The number of rotatable bonds is 2. The molecular formula is C11H9BO4. The lowest BCUT2D eigenvalue weighted by Crippen LogP contribution is -2.34. The summed E-state index contributed by atoms with van der Waals surface area (Å²) in [6, 6.07) is 10.00. The molecule has 0 aliphatic carbocycles. The normalized spacial score (nSPS) is 10.4. The molecule has 0 bridgehead atoms. The monoisotopic (exact) mass is 216 g/mol. The predicted octanol–water partition coefficient (Wildman–Crippen LogP) is 0.218. The first-order valence-corrected chi connectivity index (χ1v) is 4.72. The van der Waals surface area contributed by atoms with Gasteiger partial charge in [0.15, 0.2) is 0 Å². The zero-order valence-corrected chi connectivity index (χ0v) is 8.29. The zero-order valence-electron chi connectivity index (χ0n) is 8.29. The van der Waals surface area contributed by atoms with E-state index in [1.165, 1.54) is 6.07 Å². The van der Waals surface area contributed by atoms with E-state index in [2.05, 4.69) is 0 Å². The average molecular weight is 216 g/mol. The minimum atomic E-state index is -1.78. The van der Waals surface area contributed by atoms with Gasteiger partial charge in [0.05, 0.1) is 5.56 Å². The number of fused-ring (bicyclic) bond motifs is 1. The number of hydrogen-bond acceptors (Lipinski definition) is 3. The topological polar surface area (TPSA) is 77.8 Å². The lowest BCUT2D eigenvalue weighted by molar-refractivity contribution is 0.0700. The Morgan fingerprint density at radius 2 is 1.75 bits per heavy atom. The number of hydrogen-bond donors (Lipinski definition) is 3. The molecule has 2 rings (SSSR count). The Balaban J connectivity index is 2.84. The lowest BCUT2D eigenvalue weighted by Gasteiger charge is -2.08. The van der Waals surface area contributed by atoms with Gasteiger partial charge in [0, 0.05) is 0 Å². The van der Waals surface area contributed by atoms with Crippen LogP contribution in [0.5, 0.6) is 0 Å². The first-order valence-electron chi connectivity index (χ1n) is 4.72. The smallest absolute Gasteiger partial charge is 0.478 e. The highest BCUT2D eigenvalue weighted by molar-refractivity contribution is 6.61. The molecule has 0 amide bonds. The Kier molecular flexibility index (Phi) is 2.64. The van der Waals surface area contributed by atoms with E-state index in [-0.39, 0.29) is 11.0 Å². The van der Waals surface area contributed by atoms with Gasteiger partial charge in [-0.3, -0.25) is 0 Å². The molecule has 2 aromatic rings. The van der Waals surface area contributed by atoms with Crippen molar-refractivity contribution in [1.29, 1.82) is 0 Å². The molecule has 0 aliphatic heterocycles. The third-order valence-electron chi connectivity index (χ3n) is 2.45. The molecular weight excluding hydrogens is 207 g/mol. The summed E-state index contributed by atoms with van der Waals surface area (Å²) in [4.78, 5) is 11.1. The van der Waals surface area contributed by atoms with Gasteiger partial charge in [0.25, 0.3) is 0 Å². The number of carbonyl (C=O) groups is 1. The van der Waals surface area contributed by atoms with Gasteiger partial charge in [-0.1, -0.05) is 36.4 Å². The molecule has 0 radical (unpaired) electrons. The van der Waals surface area contributed by atoms with E-state index in [0.29, 0.717) is 5.39 Å². The van der Waals surface area contributed by atoms with E-state index in [4.69, 9.17) is 15.2 Å². The van der Waals surface area contributed by atoms with Crippen molar-refractivity contribution < 1.29 is 19.9 Å². The largest absolute Gasteiger partial charge is 0.489 e. The summed E-state index contributed by atoms with van der Waals surface area (Å²) in [5.41, 5.74) is -0.0562. The standard InChI is InChI=1S/C11H9BO4/c13-11(14)10-8-4-2-1-3-7(8)5-6-9(10)12(15)16/h1-6,15-16H,(H,13,14). The SMILES string of the molecule is O=C(O)c1c(B(O)O)ccc2ccccc12. The fourth-order valence-electron chi connectivity index (χ4n) is 1.74. The van der Waals surface area contributed by atoms with Crippen molar-refractivity contribution in [2.75, 3.05) is 0 Å². The first kappa shape index (κ1) is 10.7. The maximum Gasteiger partial charge on any atom is 0.489 e. The van der Waals surface area contributed by atoms with Crippen molar-refractivity contribution in [1.82, 2.24) is 0 Å². The van der Waals surface area contributed by atoms with Crippen LogP contribution in [0.2, 0.25) is 0 Å². The van der Waals surface area contributed by atoms with Crippen LogP contribution in [0.15, 0.2) is 36.4 Å². The highest BCUT2D eigenvalue weighted by atomic mass is 16.4. The molecule has 0 heterocycles. The van der Waals surface area contributed by atoms with Crippen LogP contribution in [0, 0.1) is 0 Å². The molecule has 3 N–H and O–H groups in total. The molecule has 4 nitrogen and oxygen atoms in total. The average Bonchev–Trinajstić information content (AvgIpc) is 2.27. The highest BCUT2D eigenvalue weighted by Gasteiger charge is 2.22. The summed E-state index contributed by atoms with van der Waals surface area (Å²) in [6.07, 6.45) is 0. The van der Waals surface area contributed by atoms with Crippen LogP contribution in [0.25, 0.3) is 10.8 Å². The molecule has 0 spiro atoms. The molecule has 0 atom stereocenters. The zero-order chi connectivity index (χ0) is 11.7. The summed E-state index contributed by atoms with van der Waals surface area (Å²) in [5, 5.41) is 28.6. The number of benzene rings is 2. The van der Waals surface area contributed by atoms with Gasteiger partial charge in [0.2, 0.25) is 0 Å². The quantitative estimate of drug-likeness (QED) is 0.627. The molecule has 0 saturated heterocycles. The van der Waals surface area contributed by atoms with E-state index in [0.717, 1.165) is 5.39 Å². The molecule has 0 unspecified atom stereocenters. The fraction of sp³-hybridized carbons (Fsp3) is 0.